The Balaban J connectivity index is 2.61. The van der Waals surface area contributed by atoms with Crippen LogP contribution in [0.2, 0.25) is 0 Å². The molecular weight excluding hydrogens is 270 g/mol. The van der Waals surface area contributed by atoms with Crippen LogP contribution in [0.1, 0.15) is 12.6 Å². The number of phenols is 1. The molecule has 82 valence electrons. The first-order chi connectivity index (χ1) is 7.58. The molecule has 0 amide bonds. The Morgan fingerprint density at radius 2 is 2.12 bits per heavy atom. The van der Waals surface area contributed by atoms with E-state index in [2.05, 4.69) is 20.9 Å². The molecule has 0 spiro atoms. The van der Waals surface area contributed by atoms with Crippen LogP contribution in [-0.4, -0.2) is 15.9 Å². The topological polar surface area (TPSA) is 50.2 Å². The molecule has 2 aromatic rings. The van der Waals surface area contributed by atoms with Crippen LogP contribution >= 0.6 is 15.9 Å². The standard InChI is InChI=1S/C12H10BrNO2/c1-7(15)6-8-2-3-9-10(13)4-5-11(16)12(9)14-8/h2-5,16H,6H2,1H3. The highest BCUT2D eigenvalue weighted by Gasteiger charge is 2.07. The second kappa shape index (κ2) is 4.22. The summed E-state index contributed by atoms with van der Waals surface area (Å²) in [5.41, 5.74) is 1.20. The Morgan fingerprint density at radius 3 is 2.81 bits per heavy atom. The Morgan fingerprint density at radius 1 is 1.38 bits per heavy atom. The van der Waals surface area contributed by atoms with Crippen LogP contribution < -0.4 is 0 Å². The van der Waals surface area contributed by atoms with Crippen molar-refractivity contribution in [1.29, 1.82) is 0 Å². The number of aromatic nitrogens is 1. The molecule has 0 fully saturated rings. The van der Waals surface area contributed by atoms with Gasteiger partial charge in [-0.25, -0.2) is 4.98 Å². The minimum absolute atomic E-state index is 0.0568. The molecule has 0 aliphatic heterocycles. The van der Waals surface area contributed by atoms with Gasteiger partial charge in [-0.2, -0.15) is 0 Å². The summed E-state index contributed by atoms with van der Waals surface area (Å²) >= 11 is 3.39. The molecule has 1 aromatic carbocycles. The fourth-order valence-electron chi connectivity index (χ4n) is 1.56. The first-order valence-electron chi connectivity index (χ1n) is 4.84. The number of carbonyl (C=O) groups is 1. The van der Waals surface area contributed by atoms with Gasteiger partial charge in [0.25, 0.3) is 0 Å². The van der Waals surface area contributed by atoms with Crippen molar-refractivity contribution < 1.29 is 9.90 Å². The summed E-state index contributed by atoms with van der Waals surface area (Å²) in [6.45, 7) is 1.52. The van der Waals surface area contributed by atoms with Gasteiger partial charge in [-0.05, 0) is 31.2 Å². The lowest BCUT2D eigenvalue weighted by atomic mass is 10.1. The fraction of sp³-hybridized carbons (Fsp3) is 0.167. The van der Waals surface area contributed by atoms with Crippen molar-refractivity contribution >= 4 is 32.6 Å². The highest BCUT2D eigenvalue weighted by Crippen LogP contribution is 2.29. The Hall–Kier alpha value is -1.42. The molecule has 0 bridgehead atoms. The number of nitrogens with zero attached hydrogens (tertiary/aromatic N) is 1. The molecular formula is C12H10BrNO2. The lowest BCUT2D eigenvalue weighted by molar-refractivity contribution is -0.116. The predicted molar refractivity (Wildman–Crippen MR) is 65.5 cm³/mol. The van der Waals surface area contributed by atoms with Gasteiger partial charge in [0.15, 0.2) is 0 Å². The number of aromatic hydroxyl groups is 1. The molecule has 2 rings (SSSR count). The number of rotatable bonds is 2. The van der Waals surface area contributed by atoms with E-state index in [1.54, 1.807) is 18.2 Å². The molecule has 4 heteroatoms. The first kappa shape index (κ1) is 11.1. The van der Waals surface area contributed by atoms with Crippen molar-refractivity contribution in [2.75, 3.05) is 0 Å². The van der Waals surface area contributed by atoms with Gasteiger partial charge >= 0.3 is 0 Å². The number of hydrogen-bond donors (Lipinski definition) is 1. The normalized spacial score (nSPS) is 10.6. The van der Waals surface area contributed by atoms with E-state index in [0.29, 0.717) is 17.6 Å². The molecule has 1 heterocycles. The number of fused-ring (bicyclic) bond motifs is 1. The lowest BCUT2D eigenvalue weighted by Crippen LogP contribution is -1.99. The number of halogens is 1. The van der Waals surface area contributed by atoms with Gasteiger partial charge in [-0.3, -0.25) is 4.79 Å². The first-order valence-corrected chi connectivity index (χ1v) is 5.64. The Labute approximate surface area is 101 Å². The highest BCUT2D eigenvalue weighted by molar-refractivity contribution is 9.10. The molecule has 16 heavy (non-hydrogen) atoms. The molecule has 0 unspecified atom stereocenters. The van der Waals surface area contributed by atoms with Crippen LogP contribution in [-0.2, 0) is 11.2 Å². The maximum atomic E-state index is 11.0. The van der Waals surface area contributed by atoms with E-state index in [-0.39, 0.29) is 11.5 Å². The number of phenolic OH excluding ortho intramolecular Hbond substituents is 1. The van der Waals surface area contributed by atoms with Crippen molar-refractivity contribution in [2.45, 2.75) is 13.3 Å². The predicted octanol–water partition coefficient (Wildman–Crippen LogP) is 2.83. The molecule has 0 aliphatic rings. The van der Waals surface area contributed by atoms with Gasteiger partial charge in [-0.15, -0.1) is 0 Å². The van der Waals surface area contributed by atoms with Gasteiger partial charge in [0.1, 0.15) is 17.0 Å². The minimum atomic E-state index is 0.0568. The van der Waals surface area contributed by atoms with Crippen LogP contribution in [0, 0.1) is 0 Å². The van der Waals surface area contributed by atoms with Gasteiger partial charge in [0.2, 0.25) is 0 Å². The third kappa shape index (κ3) is 2.07. The number of hydrogen-bond acceptors (Lipinski definition) is 3. The molecule has 0 aliphatic carbocycles. The largest absolute Gasteiger partial charge is 0.506 e. The third-order valence-corrected chi connectivity index (χ3v) is 2.96. The number of ketones is 1. The zero-order chi connectivity index (χ0) is 11.7. The van der Waals surface area contributed by atoms with Crippen molar-refractivity contribution in [3.05, 3.63) is 34.4 Å². The zero-order valence-electron chi connectivity index (χ0n) is 8.70. The van der Waals surface area contributed by atoms with Gasteiger partial charge in [0, 0.05) is 22.0 Å². The molecule has 1 N–H and O–H groups in total. The second-order valence-corrected chi connectivity index (χ2v) is 4.50. The summed E-state index contributed by atoms with van der Waals surface area (Å²) in [5.74, 6) is 0.185. The van der Waals surface area contributed by atoms with Crippen LogP contribution in [0.15, 0.2) is 28.7 Å². The zero-order valence-corrected chi connectivity index (χ0v) is 10.3. The summed E-state index contributed by atoms with van der Waals surface area (Å²) in [5, 5.41) is 10.5. The Bertz CT molecular complexity index is 566. The number of benzene rings is 1. The number of pyridine rings is 1. The smallest absolute Gasteiger partial charge is 0.141 e. The average Bonchev–Trinajstić information content (AvgIpc) is 2.23. The van der Waals surface area contributed by atoms with Crippen LogP contribution in [0.5, 0.6) is 5.75 Å². The van der Waals surface area contributed by atoms with E-state index in [1.807, 2.05) is 6.07 Å². The Kier molecular flexibility index (Phi) is 2.92. The van der Waals surface area contributed by atoms with Gasteiger partial charge < -0.3 is 5.11 Å². The number of Topliss-reactive ketones (excluding diaryl/α,β-unsaturated/α-hetero) is 1. The molecule has 1 aromatic heterocycles. The maximum absolute atomic E-state index is 11.0. The van der Waals surface area contributed by atoms with Crippen molar-refractivity contribution in [1.82, 2.24) is 4.98 Å². The summed E-state index contributed by atoms with van der Waals surface area (Å²) in [7, 11) is 0. The van der Waals surface area contributed by atoms with E-state index in [1.165, 1.54) is 6.92 Å². The molecule has 0 saturated carbocycles. The van der Waals surface area contributed by atoms with Crippen molar-refractivity contribution in [3.63, 3.8) is 0 Å². The van der Waals surface area contributed by atoms with Crippen molar-refractivity contribution in [3.8, 4) is 5.75 Å². The highest BCUT2D eigenvalue weighted by atomic mass is 79.9. The summed E-state index contributed by atoms with van der Waals surface area (Å²) in [6.07, 6.45) is 0.294. The number of carbonyl (C=O) groups excluding carboxylic acids is 1. The minimum Gasteiger partial charge on any atom is -0.506 e. The molecule has 3 nitrogen and oxygen atoms in total. The monoisotopic (exact) mass is 279 g/mol. The summed E-state index contributed by atoms with van der Waals surface area (Å²) in [6, 6.07) is 7.00. The molecule has 0 radical (unpaired) electrons. The SMILES string of the molecule is CC(=O)Cc1ccc2c(Br)ccc(O)c2n1. The molecule has 0 atom stereocenters. The van der Waals surface area contributed by atoms with Gasteiger partial charge in [-0.1, -0.05) is 15.9 Å². The maximum Gasteiger partial charge on any atom is 0.141 e. The van der Waals surface area contributed by atoms with E-state index in [4.69, 9.17) is 0 Å². The van der Waals surface area contributed by atoms with Crippen LogP contribution in [0.25, 0.3) is 10.9 Å². The second-order valence-electron chi connectivity index (χ2n) is 3.64. The van der Waals surface area contributed by atoms with Crippen LogP contribution in [0.3, 0.4) is 0 Å². The van der Waals surface area contributed by atoms with E-state index in [9.17, 15) is 9.90 Å². The summed E-state index contributed by atoms with van der Waals surface area (Å²) < 4.78 is 0.877. The van der Waals surface area contributed by atoms with E-state index >= 15 is 0 Å². The quantitative estimate of drug-likeness (QED) is 0.920. The summed E-state index contributed by atoms with van der Waals surface area (Å²) in [4.78, 5) is 15.3. The van der Waals surface area contributed by atoms with Gasteiger partial charge in [0.05, 0.1) is 0 Å². The fourth-order valence-corrected chi connectivity index (χ4v) is 2.01. The van der Waals surface area contributed by atoms with E-state index in [0.717, 1.165) is 9.86 Å². The molecule has 0 saturated heterocycles. The van der Waals surface area contributed by atoms with Crippen molar-refractivity contribution in [2.24, 2.45) is 0 Å². The van der Waals surface area contributed by atoms with Crippen LogP contribution in [0.4, 0.5) is 0 Å². The van der Waals surface area contributed by atoms with E-state index < -0.39 is 0 Å². The lowest BCUT2D eigenvalue weighted by Gasteiger charge is -2.04. The average molecular weight is 280 g/mol. The third-order valence-electron chi connectivity index (χ3n) is 2.27.